The van der Waals surface area contributed by atoms with E-state index in [1.807, 2.05) is 0 Å². The Morgan fingerprint density at radius 1 is 1.06 bits per heavy atom. The number of thioether (sulfide) groups is 1. The molecule has 3 amide bonds. The van der Waals surface area contributed by atoms with Gasteiger partial charge in [0.15, 0.2) is 0 Å². The fourth-order valence-electron chi connectivity index (χ4n) is 3.30. The molecule has 1 fully saturated rings. The molecule has 0 saturated carbocycles. The summed E-state index contributed by atoms with van der Waals surface area (Å²) in [7, 11) is 3.35. The Labute approximate surface area is 186 Å². The normalized spacial score (nSPS) is 15.3. The van der Waals surface area contributed by atoms with Gasteiger partial charge in [0.1, 0.15) is 6.54 Å². The van der Waals surface area contributed by atoms with Gasteiger partial charge in [-0.1, -0.05) is 29.8 Å². The molecule has 1 aliphatic rings. The van der Waals surface area contributed by atoms with Gasteiger partial charge in [0.25, 0.3) is 11.1 Å². The predicted octanol–water partition coefficient (Wildman–Crippen LogP) is 3.21. The lowest BCUT2D eigenvalue weighted by atomic mass is 10.2. The molecule has 1 aliphatic heterocycles. The summed E-state index contributed by atoms with van der Waals surface area (Å²) in [4.78, 5) is 50.5. The van der Waals surface area contributed by atoms with Crippen LogP contribution < -0.4 is 11.0 Å². The molecule has 158 valence electrons. The number of hydrogen-bond donors (Lipinski definition) is 1. The summed E-state index contributed by atoms with van der Waals surface area (Å²) in [6, 6.07) is 12.0. The Hall–Kier alpha value is -3.30. The van der Waals surface area contributed by atoms with Crippen molar-refractivity contribution in [1.29, 1.82) is 0 Å². The molecule has 2 heterocycles. The van der Waals surface area contributed by atoms with E-state index in [0.717, 1.165) is 22.2 Å². The molecule has 3 aromatic rings. The van der Waals surface area contributed by atoms with Crippen LogP contribution in [0.5, 0.6) is 0 Å². The van der Waals surface area contributed by atoms with Crippen LogP contribution in [0, 0.1) is 0 Å². The number of rotatable bonds is 4. The van der Waals surface area contributed by atoms with Gasteiger partial charge >= 0.3 is 5.69 Å². The van der Waals surface area contributed by atoms with Crippen LogP contribution in [0.25, 0.3) is 17.1 Å². The Morgan fingerprint density at radius 3 is 2.52 bits per heavy atom. The highest BCUT2D eigenvalue weighted by molar-refractivity contribution is 8.18. The van der Waals surface area contributed by atoms with Crippen LogP contribution in [0.1, 0.15) is 5.56 Å². The second-order valence-electron chi connectivity index (χ2n) is 6.94. The zero-order valence-electron chi connectivity index (χ0n) is 16.6. The first-order valence-electron chi connectivity index (χ1n) is 9.21. The molecule has 1 saturated heterocycles. The Kier molecular flexibility index (Phi) is 5.47. The van der Waals surface area contributed by atoms with E-state index in [4.69, 9.17) is 11.6 Å². The monoisotopic (exact) mass is 456 g/mol. The molecule has 0 aliphatic carbocycles. The quantitative estimate of drug-likeness (QED) is 0.608. The van der Waals surface area contributed by atoms with Crippen LogP contribution in [-0.4, -0.2) is 37.6 Å². The van der Waals surface area contributed by atoms with Crippen molar-refractivity contribution in [3.63, 3.8) is 0 Å². The van der Waals surface area contributed by atoms with E-state index in [0.29, 0.717) is 21.8 Å². The van der Waals surface area contributed by atoms with Crippen LogP contribution >= 0.6 is 23.4 Å². The minimum absolute atomic E-state index is 0.156. The van der Waals surface area contributed by atoms with Gasteiger partial charge in [-0.3, -0.25) is 28.4 Å². The number of carbonyl (C=O) groups is 3. The van der Waals surface area contributed by atoms with Gasteiger partial charge in [-0.25, -0.2) is 4.79 Å². The van der Waals surface area contributed by atoms with Crippen molar-refractivity contribution in [2.24, 2.45) is 14.1 Å². The van der Waals surface area contributed by atoms with Gasteiger partial charge in [0.2, 0.25) is 5.91 Å². The van der Waals surface area contributed by atoms with E-state index >= 15 is 0 Å². The van der Waals surface area contributed by atoms with Crippen molar-refractivity contribution >= 4 is 63.2 Å². The molecule has 0 bridgehead atoms. The van der Waals surface area contributed by atoms with E-state index in [-0.39, 0.29) is 10.6 Å². The number of aromatic nitrogens is 2. The van der Waals surface area contributed by atoms with Gasteiger partial charge in [-0.2, -0.15) is 0 Å². The van der Waals surface area contributed by atoms with Crippen molar-refractivity contribution in [1.82, 2.24) is 14.0 Å². The van der Waals surface area contributed by atoms with Crippen LogP contribution in [-0.2, 0) is 23.7 Å². The maximum Gasteiger partial charge on any atom is 0.328 e. The molecule has 0 radical (unpaired) electrons. The third kappa shape index (κ3) is 3.89. The Morgan fingerprint density at radius 2 is 1.77 bits per heavy atom. The first-order chi connectivity index (χ1) is 14.8. The maximum atomic E-state index is 12.7. The van der Waals surface area contributed by atoms with E-state index < -0.39 is 23.6 Å². The first kappa shape index (κ1) is 21.0. The highest BCUT2D eigenvalue weighted by Gasteiger charge is 2.36. The number of imidazole rings is 1. The van der Waals surface area contributed by atoms with Crippen molar-refractivity contribution in [2.75, 3.05) is 11.9 Å². The Balaban J connectivity index is 1.54. The molecule has 31 heavy (non-hydrogen) atoms. The summed E-state index contributed by atoms with van der Waals surface area (Å²) in [5, 5.41) is 2.42. The molecule has 10 heteroatoms. The minimum atomic E-state index is -0.550. The molecular weight excluding hydrogens is 440 g/mol. The topological polar surface area (TPSA) is 93.4 Å². The zero-order chi connectivity index (χ0) is 22.3. The van der Waals surface area contributed by atoms with Crippen LogP contribution in [0.4, 0.5) is 10.5 Å². The van der Waals surface area contributed by atoms with Crippen molar-refractivity contribution < 1.29 is 14.4 Å². The molecule has 1 aromatic heterocycles. The number of aryl methyl sites for hydroxylation is 2. The smallest absolute Gasteiger partial charge is 0.323 e. The summed E-state index contributed by atoms with van der Waals surface area (Å²) in [6.07, 6.45) is 1.58. The largest absolute Gasteiger partial charge is 0.328 e. The fourth-order valence-corrected chi connectivity index (χ4v) is 4.32. The van der Waals surface area contributed by atoms with Gasteiger partial charge in [-0.05, 0) is 47.7 Å². The Bertz CT molecular complexity index is 1340. The molecule has 1 N–H and O–H groups in total. The third-order valence-electron chi connectivity index (χ3n) is 4.92. The summed E-state index contributed by atoms with van der Waals surface area (Å²) in [5.74, 6) is -1.08. The summed E-state index contributed by atoms with van der Waals surface area (Å²) in [6.45, 7) is -0.417. The molecule has 0 unspecified atom stereocenters. The zero-order valence-corrected chi connectivity index (χ0v) is 18.2. The lowest BCUT2D eigenvalue weighted by molar-refractivity contribution is -0.127. The van der Waals surface area contributed by atoms with E-state index in [1.165, 1.54) is 9.13 Å². The number of nitrogens with zero attached hydrogens (tertiary/aromatic N) is 3. The number of hydrogen-bond acceptors (Lipinski definition) is 5. The number of nitrogens with one attached hydrogen (secondary N) is 1. The molecule has 4 rings (SSSR count). The van der Waals surface area contributed by atoms with Crippen molar-refractivity contribution in [3.05, 3.63) is 68.4 Å². The lowest BCUT2D eigenvalue weighted by Gasteiger charge is -2.13. The van der Waals surface area contributed by atoms with Crippen LogP contribution in [0.3, 0.4) is 0 Å². The highest BCUT2D eigenvalue weighted by atomic mass is 35.5. The minimum Gasteiger partial charge on any atom is -0.323 e. The number of amides is 3. The number of para-hydroxylation sites is 1. The predicted molar refractivity (Wildman–Crippen MR) is 121 cm³/mol. The number of carbonyl (C=O) groups excluding carboxylic acids is 3. The molecule has 0 spiro atoms. The van der Waals surface area contributed by atoms with Gasteiger partial charge in [-0.15, -0.1) is 0 Å². The standard InChI is InChI=1S/C21H17ClN4O4S/c1-24-15-8-7-12(9-16(15)25(2)20(24)29)10-17-19(28)26(21(30)31-17)11-18(27)23-14-6-4-3-5-13(14)22/h3-10H,11H2,1-2H3,(H,23,27)/b17-10+. The first-order valence-corrected chi connectivity index (χ1v) is 10.4. The molecule has 0 atom stereocenters. The summed E-state index contributed by atoms with van der Waals surface area (Å²) in [5.41, 5.74) is 2.38. The molecule has 8 nitrogen and oxygen atoms in total. The number of fused-ring (bicyclic) bond motifs is 1. The number of imide groups is 1. The number of benzene rings is 2. The summed E-state index contributed by atoms with van der Waals surface area (Å²) >= 11 is 6.79. The van der Waals surface area contributed by atoms with Crippen molar-refractivity contribution in [2.45, 2.75) is 0 Å². The third-order valence-corrected chi connectivity index (χ3v) is 6.15. The van der Waals surface area contributed by atoms with Crippen molar-refractivity contribution in [3.8, 4) is 0 Å². The van der Waals surface area contributed by atoms with E-state index in [9.17, 15) is 19.2 Å². The van der Waals surface area contributed by atoms with Crippen LogP contribution in [0.15, 0.2) is 52.2 Å². The van der Waals surface area contributed by atoms with Gasteiger partial charge in [0, 0.05) is 14.1 Å². The van der Waals surface area contributed by atoms with Gasteiger partial charge in [0.05, 0.1) is 26.6 Å². The molecule has 2 aromatic carbocycles. The van der Waals surface area contributed by atoms with Crippen LogP contribution in [0.2, 0.25) is 5.02 Å². The number of anilines is 1. The lowest BCUT2D eigenvalue weighted by Crippen LogP contribution is -2.36. The second-order valence-corrected chi connectivity index (χ2v) is 8.35. The maximum absolute atomic E-state index is 12.7. The SMILES string of the molecule is Cn1c(=O)n(C)c2cc(/C=C3/SC(=O)N(CC(=O)Nc4ccccc4Cl)C3=O)ccc21. The average Bonchev–Trinajstić information content (AvgIpc) is 3.12. The van der Waals surface area contributed by atoms with E-state index in [2.05, 4.69) is 5.32 Å². The fraction of sp³-hybridized carbons (Fsp3) is 0.143. The highest BCUT2D eigenvalue weighted by Crippen LogP contribution is 2.32. The summed E-state index contributed by atoms with van der Waals surface area (Å²) < 4.78 is 3.04. The molecular formula is C21H17ClN4O4S. The van der Waals surface area contributed by atoms with Gasteiger partial charge < -0.3 is 5.32 Å². The van der Waals surface area contributed by atoms with E-state index in [1.54, 1.807) is 62.6 Å². The second kappa shape index (κ2) is 8.09. The average molecular weight is 457 g/mol. The number of halogens is 1.